The summed E-state index contributed by atoms with van der Waals surface area (Å²) in [5.74, 6) is -1.70. The van der Waals surface area contributed by atoms with E-state index in [1.54, 1.807) is 6.92 Å². The highest BCUT2D eigenvalue weighted by Crippen LogP contribution is 2.31. The molecule has 0 bridgehead atoms. The predicted molar refractivity (Wildman–Crippen MR) is 105 cm³/mol. The maximum atomic E-state index is 13.1. The van der Waals surface area contributed by atoms with Crippen LogP contribution in [-0.4, -0.2) is 53.1 Å². The largest absolute Gasteiger partial charge is 0.497 e. The molecule has 30 heavy (non-hydrogen) atoms. The number of amides is 1. The fraction of sp³-hybridized carbons (Fsp3) is 0.500. The van der Waals surface area contributed by atoms with E-state index in [1.807, 2.05) is 0 Å². The van der Waals surface area contributed by atoms with Gasteiger partial charge in [-0.25, -0.2) is 9.80 Å². The third kappa shape index (κ3) is 4.17. The van der Waals surface area contributed by atoms with Crippen molar-refractivity contribution in [1.82, 2.24) is 5.01 Å². The first-order valence-electron chi connectivity index (χ1n) is 9.81. The smallest absolute Gasteiger partial charge is 0.331 e. The van der Waals surface area contributed by atoms with Crippen LogP contribution in [0, 0.1) is 16.0 Å². The average molecular weight is 417 g/mol. The third-order valence-electron chi connectivity index (χ3n) is 5.31. The number of methoxy groups -OCH3 is 1. The molecule has 0 spiro atoms. The standard InChI is InChI=1S/C20H23N3O7/c1-3-30-20(26)17-11-15(21-22(17)19(25)12-6-4-5-7-12)18(24)14-10-13(29-2)8-9-16(14)23(27)28/h8-10,12,17H,3-7,11H2,1-2H3. The maximum absolute atomic E-state index is 13.1. The number of carbonyl (C=O) groups excluding carboxylic acids is 3. The zero-order valence-electron chi connectivity index (χ0n) is 16.8. The van der Waals surface area contributed by atoms with Crippen LogP contribution >= 0.6 is 0 Å². The lowest BCUT2D eigenvalue weighted by Gasteiger charge is -2.22. The number of esters is 1. The van der Waals surface area contributed by atoms with Gasteiger partial charge >= 0.3 is 5.97 Å². The van der Waals surface area contributed by atoms with Crippen molar-refractivity contribution in [2.75, 3.05) is 13.7 Å². The number of carbonyl (C=O) groups is 3. The Morgan fingerprint density at radius 2 is 1.97 bits per heavy atom. The zero-order chi connectivity index (χ0) is 21.8. The Hall–Kier alpha value is -3.30. The van der Waals surface area contributed by atoms with E-state index in [0.29, 0.717) is 12.8 Å². The number of rotatable bonds is 7. The lowest BCUT2D eigenvalue weighted by Crippen LogP contribution is -2.42. The number of nitrogens with zero attached hydrogens (tertiary/aromatic N) is 3. The molecule has 0 radical (unpaired) electrons. The summed E-state index contributed by atoms with van der Waals surface area (Å²) >= 11 is 0. The van der Waals surface area contributed by atoms with Crippen molar-refractivity contribution < 1.29 is 28.8 Å². The van der Waals surface area contributed by atoms with Crippen molar-refractivity contribution in [2.24, 2.45) is 11.0 Å². The Bertz CT molecular complexity index is 906. The fourth-order valence-corrected chi connectivity index (χ4v) is 3.77. The molecular weight excluding hydrogens is 394 g/mol. The molecule has 1 aliphatic carbocycles. The number of ether oxygens (including phenoxy) is 2. The van der Waals surface area contributed by atoms with E-state index in [9.17, 15) is 24.5 Å². The molecule has 0 aromatic heterocycles. The third-order valence-corrected chi connectivity index (χ3v) is 5.31. The van der Waals surface area contributed by atoms with Gasteiger partial charge in [0.25, 0.3) is 5.69 Å². The van der Waals surface area contributed by atoms with Crippen LogP contribution in [0.5, 0.6) is 5.75 Å². The topological polar surface area (TPSA) is 128 Å². The predicted octanol–water partition coefficient (Wildman–Crippen LogP) is 2.50. The Morgan fingerprint density at radius 1 is 1.27 bits per heavy atom. The number of benzene rings is 1. The van der Waals surface area contributed by atoms with Crippen molar-refractivity contribution in [2.45, 2.75) is 45.1 Å². The Balaban J connectivity index is 1.95. The zero-order valence-corrected chi connectivity index (χ0v) is 16.8. The van der Waals surface area contributed by atoms with E-state index < -0.39 is 28.4 Å². The quantitative estimate of drug-likeness (QED) is 0.288. The molecule has 1 atom stereocenters. The van der Waals surface area contributed by atoms with E-state index in [4.69, 9.17) is 9.47 Å². The molecule has 160 valence electrons. The molecule has 1 aromatic carbocycles. The van der Waals surface area contributed by atoms with Crippen LogP contribution in [0.15, 0.2) is 23.3 Å². The van der Waals surface area contributed by atoms with Crippen molar-refractivity contribution in [3.8, 4) is 5.75 Å². The average Bonchev–Trinajstić information content (AvgIpc) is 3.42. The van der Waals surface area contributed by atoms with E-state index in [2.05, 4.69) is 5.10 Å². The second-order valence-electron chi connectivity index (χ2n) is 7.15. The SMILES string of the molecule is CCOC(=O)C1CC(C(=O)c2cc(OC)ccc2[N+](=O)[O-])=NN1C(=O)C1CCCC1. The molecule has 1 amide bonds. The van der Waals surface area contributed by atoms with E-state index in [1.165, 1.54) is 25.3 Å². The lowest BCUT2D eigenvalue weighted by molar-refractivity contribution is -0.385. The van der Waals surface area contributed by atoms with Crippen LogP contribution in [0.4, 0.5) is 5.69 Å². The molecule has 2 aliphatic rings. The van der Waals surface area contributed by atoms with Gasteiger partial charge in [-0.05, 0) is 31.9 Å². The number of Topliss-reactive ketones (excluding diaryl/α,β-unsaturated/α-hetero) is 1. The summed E-state index contributed by atoms with van der Waals surface area (Å²) in [5, 5.41) is 16.6. The summed E-state index contributed by atoms with van der Waals surface area (Å²) in [6.45, 7) is 1.76. The van der Waals surface area contributed by atoms with Gasteiger partial charge in [0.2, 0.25) is 11.7 Å². The first-order valence-corrected chi connectivity index (χ1v) is 9.81. The molecule has 1 heterocycles. The molecule has 3 rings (SSSR count). The number of nitro groups is 1. The molecule has 10 heteroatoms. The summed E-state index contributed by atoms with van der Waals surface area (Å²) in [7, 11) is 1.38. The van der Waals surface area contributed by atoms with Gasteiger partial charge in [0.15, 0.2) is 6.04 Å². The maximum Gasteiger partial charge on any atom is 0.331 e. The second kappa shape index (κ2) is 9.02. The lowest BCUT2D eigenvalue weighted by atomic mass is 10.00. The van der Waals surface area contributed by atoms with Gasteiger partial charge in [0.1, 0.15) is 17.0 Å². The summed E-state index contributed by atoms with van der Waals surface area (Å²) in [6.07, 6.45) is 3.07. The van der Waals surface area contributed by atoms with Crippen LogP contribution in [0.1, 0.15) is 49.4 Å². The van der Waals surface area contributed by atoms with Crippen LogP contribution in [-0.2, 0) is 14.3 Å². The van der Waals surface area contributed by atoms with Gasteiger partial charge in [-0.1, -0.05) is 12.8 Å². The molecule has 1 aromatic rings. The Morgan fingerprint density at radius 3 is 2.57 bits per heavy atom. The van der Waals surface area contributed by atoms with Gasteiger partial charge in [0, 0.05) is 18.4 Å². The molecule has 0 saturated heterocycles. The number of hydrazone groups is 1. The van der Waals surface area contributed by atoms with Gasteiger partial charge in [-0.2, -0.15) is 5.10 Å². The van der Waals surface area contributed by atoms with Gasteiger partial charge in [-0.15, -0.1) is 0 Å². The molecule has 1 unspecified atom stereocenters. The Kier molecular flexibility index (Phi) is 6.43. The molecule has 1 fully saturated rings. The first kappa shape index (κ1) is 21.4. The monoisotopic (exact) mass is 417 g/mol. The first-order chi connectivity index (χ1) is 14.4. The van der Waals surface area contributed by atoms with E-state index in [-0.39, 0.29) is 41.9 Å². The minimum atomic E-state index is -1.05. The number of nitro benzene ring substituents is 1. The molecule has 1 saturated carbocycles. The molecule has 1 aliphatic heterocycles. The normalized spacial score (nSPS) is 18.8. The van der Waals surface area contributed by atoms with Crippen molar-refractivity contribution in [1.29, 1.82) is 0 Å². The van der Waals surface area contributed by atoms with Crippen LogP contribution in [0.25, 0.3) is 0 Å². The van der Waals surface area contributed by atoms with E-state index in [0.717, 1.165) is 17.9 Å². The minimum Gasteiger partial charge on any atom is -0.497 e. The number of ketones is 1. The van der Waals surface area contributed by atoms with Crippen molar-refractivity contribution in [3.63, 3.8) is 0 Å². The summed E-state index contributed by atoms with van der Waals surface area (Å²) < 4.78 is 10.1. The highest BCUT2D eigenvalue weighted by Gasteiger charge is 2.43. The fourth-order valence-electron chi connectivity index (χ4n) is 3.77. The summed E-state index contributed by atoms with van der Waals surface area (Å²) in [5.41, 5.74) is -0.719. The summed E-state index contributed by atoms with van der Waals surface area (Å²) in [4.78, 5) is 49.1. The highest BCUT2D eigenvalue weighted by atomic mass is 16.6. The van der Waals surface area contributed by atoms with Gasteiger partial charge in [0.05, 0.1) is 18.6 Å². The summed E-state index contributed by atoms with van der Waals surface area (Å²) in [6, 6.07) is 2.75. The molecule has 0 N–H and O–H groups in total. The highest BCUT2D eigenvalue weighted by molar-refractivity contribution is 6.47. The number of hydrogen-bond acceptors (Lipinski definition) is 8. The second-order valence-corrected chi connectivity index (χ2v) is 7.15. The number of hydrogen-bond donors (Lipinski definition) is 0. The van der Waals surface area contributed by atoms with Crippen molar-refractivity contribution >= 4 is 29.1 Å². The minimum absolute atomic E-state index is 0.101. The van der Waals surface area contributed by atoms with Crippen LogP contribution in [0.3, 0.4) is 0 Å². The van der Waals surface area contributed by atoms with Crippen LogP contribution in [0.2, 0.25) is 0 Å². The Labute approximate surface area is 173 Å². The van der Waals surface area contributed by atoms with Gasteiger partial charge < -0.3 is 9.47 Å². The van der Waals surface area contributed by atoms with Crippen molar-refractivity contribution in [3.05, 3.63) is 33.9 Å². The van der Waals surface area contributed by atoms with E-state index >= 15 is 0 Å². The van der Waals surface area contributed by atoms with Gasteiger partial charge in [-0.3, -0.25) is 19.7 Å². The molecular formula is C20H23N3O7. The van der Waals surface area contributed by atoms with Crippen LogP contribution < -0.4 is 4.74 Å². The molecule has 10 nitrogen and oxygen atoms in total.